The highest BCUT2D eigenvalue weighted by Gasteiger charge is 2.06. The molecule has 0 aromatic rings. The van der Waals surface area contributed by atoms with Gasteiger partial charge in [0.05, 0.1) is 37.8 Å². The zero-order chi connectivity index (χ0) is 15.0. The van der Waals surface area contributed by atoms with Crippen LogP contribution in [0.15, 0.2) is 12.2 Å². The molecule has 0 atom stereocenters. The fourth-order valence-corrected chi connectivity index (χ4v) is 0.906. The normalized spacial score (nSPS) is 11.2. The van der Waals surface area contributed by atoms with Crippen LogP contribution in [0.1, 0.15) is 13.3 Å². The number of rotatable bonds is 5. The van der Waals surface area contributed by atoms with Crippen LogP contribution < -0.4 is 5.32 Å². The van der Waals surface area contributed by atoms with E-state index in [1.165, 1.54) is 0 Å². The van der Waals surface area contributed by atoms with Crippen molar-refractivity contribution in [2.24, 2.45) is 0 Å². The van der Waals surface area contributed by atoms with Crippen LogP contribution >= 0.6 is 0 Å². The Morgan fingerprint density at radius 1 is 1.33 bits per heavy atom. The topological polar surface area (TPSA) is 86.3 Å². The highest BCUT2D eigenvalue weighted by atomic mass is 32.2. The van der Waals surface area contributed by atoms with Gasteiger partial charge in [-0.05, 0) is 6.92 Å². The number of hydrogen-bond donors (Lipinski definition) is 1. The summed E-state index contributed by atoms with van der Waals surface area (Å²) in [5, 5.41) is 2.81. The number of carbonyl (C=O) groups is 1. The van der Waals surface area contributed by atoms with Crippen LogP contribution in [0.5, 0.6) is 0 Å². The molecule has 0 aromatic heterocycles. The standard InChI is InChI=1S/C10H20N2O.CH4O3S/c1-9(2)10(13)11-7-6-8-12(3,4)5;1-5(2,3)4/h1,6-8H2,2-5H3;1H3,(H,2,3,4). The molecule has 0 aliphatic heterocycles. The second-order valence-corrected chi connectivity index (χ2v) is 6.52. The number of nitrogens with one attached hydrogen (secondary N) is 1. The van der Waals surface area contributed by atoms with Crippen LogP contribution in [0.25, 0.3) is 0 Å². The SMILES string of the molecule is C=C(C)C(=O)NCCC[N+](C)(C)C.CS(=O)(=O)[O-]. The third kappa shape index (κ3) is 24.4. The molecule has 0 saturated heterocycles. The van der Waals surface area contributed by atoms with Crippen molar-refractivity contribution >= 4 is 16.0 Å². The second kappa shape index (κ2) is 8.23. The maximum absolute atomic E-state index is 11.1. The molecule has 18 heavy (non-hydrogen) atoms. The van der Waals surface area contributed by atoms with E-state index in [0.717, 1.165) is 24.0 Å². The number of quaternary nitrogens is 1. The van der Waals surface area contributed by atoms with Crippen molar-refractivity contribution in [1.82, 2.24) is 5.32 Å². The molecule has 0 bridgehead atoms. The number of hydrogen-bond acceptors (Lipinski definition) is 4. The Morgan fingerprint density at radius 3 is 2.00 bits per heavy atom. The fourth-order valence-electron chi connectivity index (χ4n) is 0.906. The molecular formula is C11H24N2O4S. The fraction of sp³-hybridized carbons (Fsp3) is 0.727. The highest BCUT2D eigenvalue weighted by molar-refractivity contribution is 7.84. The average Bonchev–Trinajstić information content (AvgIpc) is 2.07. The average molecular weight is 280 g/mol. The minimum absolute atomic E-state index is 0.0404. The molecule has 0 rings (SSSR count). The highest BCUT2D eigenvalue weighted by Crippen LogP contribution is 1.92. The molecule has 0 aliphatic carbocycles. The zero-order valence-electron chi connectivity index (χ0n) is 11.8. The van der Waals surface area contributed by atoms with Crippen molar-refractivity contribution < 1.29 is 22.2 Å². The van der Waals surface area contributed by atoms with Gasteiger partial charge >= 0.3 is 0 Å². The number of nitrogens with zero attached hydrogens (tertiary/aromatic N) is 1. The Kier molecular flexibility index (Phi) is 8.88. The molecule has 0 aliphatic rings. The molecule has 0 unspecified atom stereocenters. The Labute approximate surface area is 110 Å². The summed E-state index contributed by atoms with van der Waals surface area (Å²) in [6.45, 7) is 7.09. The van der Waals surface area contributed by atoms with Gasteiger partial charge in [0.1, 0.15) is 0 Å². The molecule has 1 N–H and O–H groups in total. The first kappa shape index (κ1) is 19.4. The van der Waals surface area contributed by atoms with E-state index in [1.54, 1.807) is 6.92 Å². The maximum Gasteiger partial charge on any atom is 0.246 e. The van der Waals surface area contributed by atoms with Gasteiger partial charge in [0.2, 0.25) is 5.91 Å². The van der Waals surface area contributed by atoms with Gasteiger partial charge in [0.15, 0.2) is 0 Å². The summed E-state index contributed by atoms with van der Waals surface area (Å²) in [5.41, 5.74) is 0.574. The summed E-state index contributed by atoms with van der Waals surface area (Å²) in [6.07, 6.45) is 1.61. The van der Waals surface area contributed by atoms with Crippen LogP contribution in [0.3, 0.4) is 0 Å². The minimum atomic E-state index is -3.92. The van der Waals surface area contributed by atoms with E-state index < -0.39 is 10.1 Å². The van der Waals surface area contributed by atoms with Crippen molar-refractivity contribution in [1.29, 1.82) is 0 Å². The van der Waals surface area contributed by atoms with E-state index in [9.17, 15) is 4.79 Å². The first-order chi connectivity index (χ1) is 7.83. The molecule has 0 radical (unpaired) electrons. The van der Waals surface area contributed by atoms with Crippen LogP contribution in [0.2, 0.25) is 0 Å². The van der Waals surface area contributed by atoms with Crippen molar-refractivity contribution in [2.75, 3.05) is 40.5 Å². The van der Waals surface area contributed by atoms with Gasteiger partial charge < -0.3 is 14.4 Å². The van der Waals surface area contributed by atoms with Crippen LogP contribution in [0, 0.1) is 0 Å². The van der Waals surface area contributed by atoms with Crippen molar-refractivity contribution in [3.8, 4) is 0 Å². The van der Waals surface area contributed by atoms with E-state index in [0.29, 0.717) is 11.8 Å². The number of carbonyl (C=O) groups excluding carboxylic acids is 1. The van der Waals surface area contributed by atoms with E-state index in [2.05, 4.69) is 33.0 Å². The molecule has 7 heteroatoms. The third-order valence-corrected chi connectivity index (χ3v) is 1.68. The Morgan fingerprint density at radius 2 is 1.72 bits per heavy atom. The monoisotopic (exact) mass is 280 g/mol. The predicted molar refractivity (Wildman–Crippen MR) is 71.0 cm³/mol. The van der Waals surface area contributed by atoms with Gasteiger partial charge in [-0.25, -0.2) is 8.42 Å². The van der Waals surface area contributed by atoms with Crippen LogP contribution in [0.4, 0.5) is 0 Å². The lowest BCUT2D eigenvalue weighted by Gasteiger charge is -2.23. The minimum Gasteiger partial charge on any atom is -0.748 e. The molecule has 108 valence electrons. The lowest BCUT2D eigenvalue weighted by atomic mass is 10.3. The molecule has 0 fully saturated rings. The lowest BCUT2D eigenvalue weighted by molar-refractivity contribution is -0.870. The smallest absolute Gasteiger partial charge is 0.246 e. The molecular weight excluding hydrogens is 256 g/mol. The first-order valence-electron chi connectivity index (χ1n) is 5.48. The molecule has 0 heterocycles. The van der Waals surface area contributed by atoms with Crippen molar-refractivity contribution in [3.05, 3.63) is 12.2 Å². The Hall–Kier alpha value is -0.920. The molecule has 0 aromatic carbocycles. The van der Waals surface area contributed by atoms with E-state index >= 15 is 0 Å². The summed E-state index contributed by atoms with van der Waals surface area (Å²) < 4.78 is 28.2. The lowest BCUT2D eigenvalue weighted by Crippen LogP contribution is -2.37. The summed E-state index contributed by atoms with van der Waals surface area (Å²) in [4.78, 5) is 11.1. The van der Waals surface area contributed by atoms with Crippen LogP contribution in [-0.2, 0) is 14.9 Å². The maximum atomic E-state index is 11.1. The third-order valence-electron chi connectivity index (χ3n) is 1.68. The zero-order valence-corrected chi connectivity index (χ0v) is 12.6. The van der Waals surface area contributed by atoms with Gasteiger partial charge in [-0.15, -0.1) is 0 Å². The Balaban J connectivity index is 0. The molecule has 0 spiro atoms. The largest absolute Gasteiger partial charge is 0.748 e. The number of amides is 1. The second-order valence-electron chi connectivity index (χ2n) is 5.11. The molecule has 1 amide bonds. The van der Waals surface area contributed by atoms with Crippen molar-refractivity contribution in [2.45, 2.75) is 13.3 Å². The van der Waals surface area contributed by atoms with Crippen LogP contribution in [-0.4, -0.2) is 63.8 Å². The summed E-state index contributed by atoms with van der Waals surface area (Å²) in [7, 11) is 2.50. The summed E-state index contributed by atoms with van der Waals surface area (Å²) in [6, 6.07) is 0. The van der Waals surface area contributed by atoms with Crippen molar-refractivity contribution in [3.63, 3.8) is 0 Å². The van der Waals surface area contributed by atoms with E-state index in [4.69, 9.17) is 13.0 Å². The van der Waals surface area contributed by atoms with Gasteiger partial charge in [0, 0.05) is 24.8 Å². The van der Waals surface area contributed by atoms with Gasteiger partial charge in [-0.2, -0.15) is 0 Å². The summed E-state index contributed by atoms with van der Waals surface area (Å²) >= 11 is 0. The van der Waals surface area contributed by atoms with E-state index in [-0.39, 0.29) is 5.91 Å². The van der Waals surface area contributed by atoms with Gasteiger partial charge in [-0.3, -0.25) is 4.79 Å². The molecule has 6 nitrogen and oxygen atoms in total. The quantitative estimate of drug-likeness (QED) is 0.331. The Bertz CT molecular complexity index is 361. The van der Waals surface area contributed by atoms with Gasteiger partial charge in [-0.1, -0.05) is 6.58 Å². The summed E-state index contributed by atoms with van der Waals surface area (Å²) in [5.74, 6) is -0.0404. The van der Waals surface area contributed by atoms with Gasteiger partial charge in [0.25, 0.3) is 0 Å². The molecule has 0 saturated carbocycles. The predicted octanol–water partition coefficient (Wildman–Crippen LogP) is -0.0636. The first-order valence-corrected chi connectivity index (χ1v) is 7.29. The van der Waals surface area contributed by atoms with E-state index in [1.807, 2.05) is 0 Å².